The highest BCUT2D eigenvalue weighted by molar-refractivity contribution is 8.02. The number of nitrogens with zero attached hydrogens (tertiary/aromatic N) is 1. The highest BCUT2D eigenvalue weighted by Gasteiger charge is 2.76. The van der Waals surface area contributed by atoms with E-state index in [1.165, 1.54) is 6.42 Å². The number of thioether (sulfide) groups is 1. The van der Waals surface area contributed by atoms with Crippen molar-refractivity contribution >= 4 is 29.5 Å². The van der Waals surface area contributed by atoms with Crippen LogP contribution >= 0.6 is 11.8 Å². The highest BCUT2D eigenvalue weighted by Crippen LogP contribution is 2.71. The number of carbonyl (C=O) groups is 3. The second-order valence-electron chi connectivity index (χ2n) is 9.97. The van der Waals surface area contributed by atoms with E-state index in [4.69, 9.17) is 0 Å². The molecule has 2 unspecified atom stereocenters. The summed E-state index contributed by atoms with van der Waals surface area (Å²) in [6.45, 7) is 5.05. The van der Waals surface area contributed by atoms with Crippen molar-refractivity contribution in [2.24, 2.45) is 11.8 Å². The number of carbonyl (C=O) groups excluding carboxylic acids is 3. The molecule has 3 aliphatic heterocycles. The molecule has 7 nitrogen and oxygen atoms in total. The van der Waals surface area contributed by atoms with E-state index in [1.54, 1.807) is 16.7 Å². The minimum Gasteiger partial charge on any atom is -0.396 e. The first kappa shape index (κ1) is 22.9. The van der Waals surface area contributed by atoms with Gasteiger partial charge in [-0.3, -0.25) is 14.4 Å². The van der Waals surface area contributed by atoms with Crippen LogP contribution < -0.4 is 10.6 Å². The van der Waals surface area contributed by atoms with Crippen LogP contribution in [-0.4, -0.2) is 69.0 Å². The van der Waals surface area contributed by atoms with Gasteiger partial charge in [0.15, 0.2) is 0 Å². The van der Waals surface area contributed by atoms with Crippen molar-refractivity contribution < 1.29 is 19.5 Å². The zero-order chi connectivity index (χ0) is 22.2. The summed E-state index contributed by atoms with van der Waals surface area (Å²) >= 11 is 1.71. The van der Waals surface area contributed by atoms with Crippen molar-refractivity contribution in [3.05, 3.63) is 0 Å². The largest absolute Gasteiger partial charge is 0.396 e. The zero-order valence-corrected chi connectivity index (χ0v) is 19.6. The molecule has 1 saturated carbocycles. The Morgan fingerprint density at radius 1 is 1.19 bits per heavy atom. The molecule has 8 heteroatoms. The molecule has 1 spiro atoms. The average molecular weight is 452 g/mol. The number of rotatable bonds is 8. The lowest BCUT2D eigenvalue weighted by atomic mass is 9.66. The molecular formula is C23H37N3O4S. The number of amides is 3. The molecule has 0 aromatic heterocycles. The first-order chi connectivity index (χ1) is 14.9. The van der Waals surface area contributed by atoms with E-state index in [0.717, 1.165) is 44.9 Å². The molecule has 3 N–H and O–H groups in total. The first-order valence-electron chi connectivity index (χ1n) is 12.1. The van der Waals surface area contributed by atoms with E-state index < -0.39 is 22.6 Å². The minimum absolute atomic E-state index is 0.0241. The Morgan fingerprint density at radius 3 is 2.61 bits per heavy atom. The Kier molecular flexibility index (Phi) is 6.59. The monoisotopic (exact) mass is 451 g/mol. The first-order valence-corrected chi connectivity index (χ1v) is 12.9. The molecule has 3 heterocycles. The van der Waals surface area contributed by atoms with Gasteiger partial charge in [0.25, 0.3) is 0 Å². The van der Waals surface area contributed by atoms with Crippen molar-refractivity contribution in [1.29, 1.82) is 0 Å². The molecule has 4 fully saturated rings. The molecule has 4 rings (SSSR count). The molecule has 1 aliphatic carbocycles. The highest BCUT2D eigenvalue weighted by atomic mass is 32.2. The smallest absolute Gasteiger partial charge is 0.244 e. The van der Waals surface area contributed by atoms with Crippen molar-refractivity contribution in [3.63, 3.8) is 0 Å². The number of hydrogen-bond acceptors (Lipinski definition) is 5. The summed E-state index contributed by atoms with van der Waals surface area (Å²) in [5.41, 5.74) is 0. The molecule has 2 bridgehead atoms. The SMILES string of the molecule is CCCNC(=O)[C@H]1[C@H]2C(=O)N(CCCO)C(C(=O)NC3CCCCC3)C23CC[C@]1(C)S3. The van der Waals surface area contributed by atoms with Gasteiger partial charge in [0, 0.05) is 30.5 Å². The number of aliphatic hydroxyl groups excluding tert-OH is 1. The van der Waals surface area contributed by atoms with Crippen LogP contribution in [0.2, 0.25) is 0 Å². The number of aliphatic hydroxyl groups is 1. The lowest BCUT2D eigenvalue weighted by Crippen LogP contribution is -2.55. The van der Waals surface area contributed by atoms with Gasteiger partial charge >= 0.3 is 0 Å². The molecule has 31 heavy (non-hydrogen) atoms. The van der Waals surface area contributed by atoms with Crippen LogP contribution in [0.25, 0.3) is 0 Å². The number of likely N-dealkylation sites (tertiary alicyclic amines) is 1. The van der Waals surface area contributed by atoms with E-state index in [1.807, 2.05) is 6.92 Å². The van der Waals surface area contributed by atoms with Crippen LogP contribution in [0.3, 0.4) is 0 Å². The number of nitrogens with one attached hydrogen (secondary N) is 2. The van der Waals surface area contributed by atoms with Gasteiger partial charge in [-0.05, 0) is 45.4 Å². The zero-order valence-electron chi connectivity index (χ0n) is 18.8. The maximum Gasteiger partial charge on any atom is 0.244 e. The van der Waals surface area contributed by atoms with E-state index in [0.29, 0.717) is 19.5 Å². The van der Waals surface area contributed by atoms with E-state index in [9.17, 15) is 19.5 Å². The normalized spacial score (nSPS) is 37.2. The van der Waals surface area contributed by atoms with Crippen molar-refractivity contribution in [1.82, 2.24) is 15.5 Å². The molecule has 4 aliphatic rings. The van der Waals surface area contributed by atoms with E-state index >= 15 is 0 Å². The third kappa shape index (κ3) is 3.77. The summed E-state index contributed by atoms with van der Waals surface area (Å²) in [6, 6.07) is -0.386. The van der Waals surface area contributed by atoms with E-state index in [-0.39, 0.29) is 35.1 Å². The molecule has 0 radical (unpaired) electrons. The van der Waals surface area contributed by atoms with Crippen molar-refractivity contribution in [2.75, 3.05) is 19.7 Å². The van der Waals surface area contributed by atoms with Crippen LogP contribution in [0, 0.1) is 11.8 Å². The van der Waals surface area contributed by atoms with E-state index in [2.05, 4.69) is 17.6 Å². The predicted molar refractivity (Wildman–Crippen MR) is 120 cm³/mol. The maximum absolute atomic E-state index is 13.7. The molecule has 3 amide bonds. The average Bonchev–Trinajstić information content (AvgIpc) is 3.32. The Bertz CT molecular complexity index is 728. The summed E-state index contributed by atoms with van der Waals surface area (Å²) in [4.78, 5) is 42.2. The quantitative estimate of drug-likeness (QED) is 0.523. The summed E-state index contributed by atoms with van der Waals surface area (Å²) in [6.07, 6.45) is 8.36. The number of hydrogen-bond donors (Lipinski definition) is 3. The lowest BCUT2D eigenvalue weighted by molar-refractivity contribution is -0.140. The topological polar surface area (TPSA) is 98.7 Å². The van der Waals surface area contributed by atoms with Gasteiger partial charge in [-0.15, -0.1) is 11.8 Å². The van der Waals surface area contributed by atoms with Crippen molar-refractivity contribution in [2.45, 2.75) is 93.2 Å². The Balaban J connectivity index is 1.64. The summed E-state index contributed by atoms with van der Waals surface area (Å²) < 4.78 is -0.862. The Hall–Kier alpha value is -1.28. The van der Waals surface area contributed by atoms with Gasteiger partial charge in [0.05, 0.1) is 16.6 Å². The van der Waals surface area contributed by atoms with Gasteiger partial charge in [0.2, 0.25) is 17.7 Å². The van der Waals surface area contributed by atoms with Crippen LogP contribution in [0.15, 0.2) is 0 Å². The molecule has 0 aromatic rings. The fraction of sp³-hybridized carbons (Fsp3) is 0.870. The summed E-state index contributed by atoms with van der Waals surface area (Å²) in [5.74, 6) is -1.06. The standard InChI is InChI=1S/C23H37N3O4S/c1-3-12-24-19(28)16-17-21(30)26(13-7-14-27)18(23(17)11-10-22(16,2)31-23)20(29)25-15-8-5-4-6-9-15/h15-18,27H,3-14H2,1-2H3,(H,24,28)(H,25,29)/t16-,17+,18?,22+,23?/m1/s1. The van der Waals surface area contributed by atoms with Crippen LogP contribution in [0.4, 0.5) is 0 Å². The lowest BCUT2D eigenvalue weighted by Gasteiger charge is -2.36. The third-order valence-electron chi connectivity index (χ3n) is 7.87. The second-order valence-corrected chi connectivity index (χ2v) is 11.9. The molecule has 3 saturated heterocycles. The molecule has 5 atom stereocenters. The Morgan fingerprint density at radius 2 is 1.94 bits per heavy atom. The maximum atomic E-state index is 13.7. The second kappa shape index (κ2) is 8.93. The van der Waals surface area contributed by atoms with Crippen LogP contribution in [-0.2, 0) is 14.4 Å². The molecule has 0 aromatic carbocycles. The summed E-state index contributed by atoms with van der Waals surface area (Å²) in [5, 5.41) is 15.7. The molecule has 174 valence electrons. The summed E-state index contributed by atoms with van der Waals surface area (Å²) in [7, 11) is 0. The van der Waals surface area contributed by atoms with Crippen molar-refractivity contribution in [3.8, 4) is 0 Å². The predicted octanol–water partition coefficient (Wildman–Crippen LogP) is 1.83. The minimum atomic E-state index is -0.561. The fourth-order valence-electron chi connectivity index (χ4n) is 6.49. The van der Waals surface area contributed by atoms with Gasteiger partial charge in [-0.2, -0.15) is 0 Å². The van der Waals surface area contributed by atoms with Gasteiger partial charge < -0.3 is 20.6 Å². The molecular weight excluding hydrogens is 414 g/mol. The fourth-order valence-corrected chi connectivity index (χ4v) is 8.85. The van der Waals surface area contributed by atoms with Gasteiger partial charge in [-0.1, -0.05) is 26.2 Å². The Labute approximate surface area is 189 Å². The third-order valence-corrected chi connectivity index (χ3v) is 9.85. The van der Waals surface area contributed by atoms with Crippen LogP contribution in [0.1, 0.15) is 71.6 Å². The van der Waals surface area contributed by atoms with Gasteiger partial charge in [0.1, 0.15) is 6.04 Å². The van der Waals surface area contributed by atoms with Crippen LogP contribution in [0.5, 0.6) is 0 Å². The number of fused-ring (bicyclic) bond motifs is 1. The van der Waals surface area contributed by atoms with Gasteiger partial charge in [-0.25, -0.2) is 0 Å².